The molecule has 2 aromatic carbocycles. The van der Waals surface area contributed by atoms with E-state index in [9.17, 15) is 5.11 Å². The minimum atomic E-state index is -0.616. The molecule has 1 unspecified atom stereocenters. The number of benzene rings is 2. The molecule has 0 aromatic heterocycles. The molecule has 0 saturated heterocycles. The Morgan fingerprint density at radius 1 is 1.05 bits per heavy atom. The molecule has 3 nitrogen and oxygen atoms in total. The average Bonchev–Trinajstić information content (AvgIpc) is 2.43. The van der Waals surface area contributed by atoms with Crippen molar-refractivity contribution < 1.29 is 9.84 Å². The molecule has 0 bridgehead atoms. The number of rotatable bonds is 4. The molecule has 0 saturated carbocycles. The minimum absolute atomic E-state index is 0.219. The van der Waals surface area contributed by atoms with Crippen molar-refractivity contribution in [2.75, 3.05) is 6.54 Å². The molecule has 19 heavy (non-hydrogen) atoms. The summed E-state index contributed by atoms with van der Waals surface area (Å²) in [5.41, 5.74) is 8.43. The third-order valence-corrected chi connectivity index (χ3v) is 3.12. The van der Waals surface area contributed by atoms with E-state index < -0.39 is 6.10 Å². The highest BCUT2D eigenvalue weighted by molar-refractivity contribution is 5.43. The van der Waals surface area contributed by atoms with Gasteiger partial charge in [-0.05, 0) is 42.7 Å². The van der Waals surface area contributed by atoms with Gasteiger partial charge >= 0.3 is 0 Å². The van der Waals surface area contributed by atoms with Gasteiger partial charge in [-0.15, -0.1) is 0 Å². The molecule has 0 aliphatic heterocycles. The van der Waals surface area contributed by atoms with Crippen molar-refractivity contribution in [1.29, 1.82) is 0 Å². The Hall–Kier alpha value is -1.84. The maximum Gasteiger partial charge on any atom is 0.133 e. The van der Waals surface area contributed by atoms with Gasteiger partial charge in [0.25, 0.3) is 0 Å². The molecule has 0 aliphatic carbocycles. The van der Waals surface area contributed by atoms with E-state index in [1.807, 2.05) is 56.3 Å². The maximum atomic E-state index is 9.63. The second-order valence-corrected chi connectivity index (χ2v) is 4.64. The molecular formula is C16H19NO2. The van der Waals surface area contributed by atoms with Crippen LogP contribution in [0.5, 0.6) is 11.5 Å². The first-order valence-electron chi connectivity index (χ1n) is 6.34. The zero-order valence-corrected chi connectivity index (χ0v) is 11.3. The van der Waals surface area contributed by atoms with Crippen LogP contribution >= 0.6 is 0 Å². The predicted molar refractivity (Wildman–Crippen MR) is 76.4 cm³/mol. The van der Waals surface area contributed by atoms with Gasteiger partial charge < -0.3 is 15.6 Å². The number of hydrogen-bond acceptors (Lipinski definition) is 3. The van der Waals surface area contributed by atoms with Crippen LogP contribution in [0.4, 0.5) is 0 Å². The number of aliphatic hydroxyl groups excluding tert-OH is 1. The Bertz CT molecular complexity index is 529. The third kappa shape index (κ3) is 3.13. The number of para-hydroxylation sites is 1. The molecule has 0 spiro atoms. The summed E-state index contributed by atoms with van der Waals surface area (Å²) in [6.07, 6.45) is -0.616. The van der Waals surface area contributed by atoms with Gasteiger partial charge in [0, 0.05) is 6.54 Å². The van der Waals surface area contributed by atoms with Crippen LogP contribution < -0.4 is 10.5 Å². The molecule has 0 aliphatic rings. The maximum absolute atomic E-state index is 9.63. The molecule has 2 rings (SSSR count). The van der Waals surface area contributed by atoms with Gasteiger partial charge in [0.1, 0.15) is 11.5 Å². The zero-order valence-electron chi connectivity index (χ0n) is 11.3. The van der Waals surface area contributed by atoms with E-state index in [2.05, 4.69) is 0 Å². The summed E-state index contributed by atoms with van der Waals surface area (Å²) < 4.78 is 5.90. The topological polar surface area (TPSA) is 55.5 Å². The Morgan fingerprint density at radius 2 is 1.63 bits per heavy atom. The van der Waals surface area contributed by atoms with Crippen LogP contribution in [0.1, 0.15) is 22.8 Å². The lowest BCUT2D eigenvalue weighted by Gasteiger charge is -2.13. The third-order valence-electron chi connectivity index (χ3n) is 3.12. The lowest BCUT2D eigenvalue weighted by Crippen LogP contribution is -2.11. The van der Waals surface area contributed by atoms with Crippen molar-refractivity contribution in [3.8, 4) is 11.5 Å². The van der Waals surface area contributed by atoms with Crippen LogP contribution in [0.25, 0.3) is 0 Å². The summed E-state index contributed by atoms with van der Waals surface area (Å²) in [6.45, 7) is 4.26. The lowest BCUT2D eigenvalue weighted by molar-refractivity contribution is 0.186. The van der Waals surface area contributed by atoms with Gasteiger partial charge in [0.2, 0.25) is 0 Å². The highest BCUT2D eigenvalue weighted by Gasteiger charge is 2.07. The van der Waals surface area contributed by atoms with Gasteiger partial charge in [0.05, 0.1) is 6.10 Å². The first-order valence-corrected chi connectivity index (χ1v) is 6.34. The van der Waals surface area contributed by atoms with Crippen LogP contribution in [0, 0.1) is 13.8 Å². The monoisotopic (exact) mass is 257 g/mol. The quantitative estimate of drug-likeness (QED) is 0.885. The Morgan fingerprint density at radius 3 is 2.16 bits per heavy atom. The molecule has 1 atom stereocenters. The van der Waals surface area contributed by atoms with Gasteiger partial charge in [-0.1, -0.05) is 30.3 Å². The van der Waals surface area contributed by atoms with E-state index in [0.717, 1.165) is 28.2 Å². The second kappa shape index (κ2) is 5.87. The summed E-state index contributed by atoms with van der Waals surface area (Å²) in [5, 5.41) is 9.63. The Kier molecular flexibility index (Phi) is 4.20. The molecule has 0 radical (unpaired) electrons. The molecule has 0 fully saturated rings. The van der Waals surface area contributed by atoms with Crippen LogP contribution in [0.3, 0.4) is 0 Å². The van der Waals surface area contributed by atoms with Crippen molar-refractivity contribution in [2.24, 2.45) is 5.73 Å². The fourth-order valence-electron chi connectivity index (χ4n) is 1.97. The number of aryl methyl sites for hydroxylation is 2. The van der Waals surface area contributed by atoms with Gasteiger partial charge in [-0.3, -0.25) is 0 Å². The first kappa shape index (κ1) is 13.6. The van der Waals surface area contributed by atoms with E-state index in [1.54, 1.807) is 0 Å². The molecule has 100 valence electrons. The zero-order chi connectivity index (χ0) is 13.8. The van der Waals surface area contributed by atoms with Gasteiger partial charge in [-0.2, -0.15) is 0 Å². The van der Waals surface area contributed by atoms with Crippen molar-refractivity contribution in [2.45, 2.75) is 20.0 Å². The Labute approximate surface area is 113 Å². The minimum Gasteiger partial charge on any atom is -0.457 e. The van der Waals surface area contributed by atoms with Crippen molar-refractivity contribution in [3.05, 3.63) is 59.2 Å². The number of ether oxygens (including phenoxy) is 1. The van der Waals surface area contributed by atoms with E-state index in [-0.39, 0.29) is 6.54 Å². The van der Waals surface area contributed by atoms with E-state index >= 15 is 0 Å². The van der Waals surface area contributed by atoms with Crippen molar-refractivity contribution in [3.63, 3.8) is 0 Å². The SMILES string of the molecule is Cc1cccc(C)c1Oc1ccc(C(O)CN)cc1. The van der Waals surface area contributed by atoms with Gasteiger partial charge in [-0.25, -0.2) is 0 Å². The average molecular weight is 257 g/mol. The standard InChI is InChI=1S/C16H19NO2/c1-11-4-3-5-12(2)16(11)19-14-8-6-13(7-9-14)15(18)10-17/h3-9,15,18H,10,17H2,1-2H3. The number of aliphatic hydroxyl groups is 1. The van der Waals surface area contributed by atoms with Crippen LogP contribution in [-0.2, 0) is 0 Å². The van der Waals surface area contributed by atoms with E-state index in [1.165, 1.54) is 0 Å². The van der Waals surface area contributed by atoms with Gasteiger partial charge in [0.15, 0.2) is 0 Å². The fourth-order valence-corrected chi connectivity index (χ4v) is 1.97. The molecular weight excluding hydrogens is 238 g/mol. The van der Waals surface area contributed by atoms with Crippen molar-refractivity contribution in [1.82, 2.24) is 0 Å². The fraction of sp³-hybridized carbons (Fsp3) is 0.250. The number of nitrogens with two attached hydrogens (primary N) is 1. The van der Waals surface area contributed by atoms with Crippen LogP contribution in [-0.4, -0.2) is 11.7 Å². The van der Waals surface area contributed by atoms with Crippen molar-refractivity contribution >= 4 is 0 Å². The van der Waals surface area contributed by atoms with E-state index in [4.69, 9.17) is 10.5 Å². The summed E-state index contributed by atoms with van der Waals surface area (Å²) in [4.78, 5) is 0. The number of hydrogen-bond donors (Lipinski definition) is 2. The smallest absolute Gasteiger partial charge is 0.133 e. The Balaban J connectivity index is 2.20. The molecule has 3 heteroatoms. The normalized spacial score (nSPS) is 12.2. The van der Waals surface area contributed by atoms with E-state index in [0.29, 0.717) is 0 Å². The van der Waals surface area contributed by atoms with Crippen LogP contribution in [0.2, 0.25) is 0 Å². The predicted octanol–water partition coefficient (Wildman–Crippen LogP) is 3.09. The van der Waals surface area contributed by atoms with Crippen LogP contribution in [0.15, 0.2) is 42.5 Å². The lowest BCUT2D eigenvalue weighted by atomic mass is 10.1. The molecule has 0 amide bonds. The summed E-state index contributed by atoms with van der Waals surface area (Å²) in [7, 11) is 0. The molecule has 3 N–H and O–H groups in total. The molecule has 0 heterocycles. The summed E-state index contributed by atoms with van der Waals surface area (Å²) >= 11 is 0. The highest BCUT2D eigenvalue weighted by atomic mass is 16.5. The summed E-state index contributed by atoms with van der Waals surface area (Å²) in [6, 6.07) is 13.4. The highest BCUT2D eigenvalue weighted by Crippen LogP contribution is 2.29. The second-order valence-electron chi connectivity index (χ2n) is 4.64. The molecule has 2 aromatic rings. The largest absolute Gasteiger partial charge is 0.457 e. The summed E-state index contributed by atoms with van der Waals surface area (Å²) in [5.74, 6) is 1.64. The first-order chi connectivity index (χ1) is 9.11.